The molecule has 2 aliphatic rings. The molecule has 38 heavy (non-hydrogen) atoms. The lowest BCUT2D eigenvalue weighted by atomic mass is 9.91. The van der Waals surface area contributed by atoms with Crippen LogP contribution in [-0.2, 0) is 4.79 Å². The number of hydrogen-bond acceptors (Lipinski definition) is 8. The molecule has 0 aliphatic carbocycles. The highest BCUT2D eigenvalue weighted by molar-refractivity contribution is 6.04. The van der Waals surface area contributed by atoms with Crippen molar-refractivity contribution in [3.8, 4) is 11.5 Å². The minimum absolute atomic E-state index is 0.0741. The van der Waals surface area contributed by atoms with E-state index in [9.17, 15) is 22.8 Å². The monoisotopic (exact) mass is 527 g/mol. The molecule has 0 spiro atoms. The van der Waals surface area contributed by atoms with Crippen LogP contribution in [0.3, 0.4) is 0 Å². The smallest absolute Gasteiger partial charge is 0.478 e. The van der Waals surface area contributed by atoms with E-state index >= 15 is 0 Å². The first-order valence-corrected chi connectivity index (χ1v) is 12.0. The van der Waals surface area contributed by atoms with Crippen molar-refractivity contribution >= 4 is 23.1 Å². The van der Waals surface area contributed by atoms with E-state index < -0.39 is 17.7 Å². The number of aromatic nitrogens is 2. The van der Waals surface area contributed by atoms with Crippen molar-refractivity contribution in [2.45, 2.75) is 18.4 Å². The lowest BCUT2D eigenvalue weighted by Gasteiger charge is -2.32. The van der Waals surface area contributed by atoms with Gasteiger partial charge < -0.3 is 20.1 Å². The Morgan fingerprint density at radius 3 is 2.18 bits per heavy atom. The summed E-state index contributed by atoms with van der Waals surface area (Å²) in [6, 6.07) is 13.3. The third-order valence-electron chi connectivity index (χ3n) is 6.47. The average molecular weight is 528 g/mol. The van der Waals surface area contributed by atoms with Crippen LogP contribution in [0, 0.1) is 5.92 Å². The molecule has 2 aliphatic heterocycles. The van der Waals surface area contributed by atoms with Crippen molar-refractivity contribution in [3.63, 3.8) is 0 Å². The van der Waals surface area contributed by atoms with Crippen LogP contribution in [0.2, 0.25) is 0 Å². The first-order chi connectivity index (χ1) is 18.2. The zero-order valence-electron chi connectivity index (χ0n) is 20.1. The van der Waals surface area contributed by atoms with Gasteiger partial charge in [0.2, 0.25) is 11.7 Å². The predicted octanol–water partition coefficient (Wildman–Crippen LogP) is 3.25. The molecule has 2 saturated heterocycles. The number of alkyl halides is 3. The van der Waals surface area contributed by atoms with Crippen molar-refractivity contribution in [2.24, 2.45) is 5.92 Å². The third kappa shape index (κ3) is 5.46. The van der Waals surface area contributed by atoms with Gasteiger partial charge in [-0.3, -0.25) is 14.5 Å². The topological polar surface area (TPSA) is 106 Å². The fourth-order valence-electron chi connectivity index (χ4n) is 4.42. The summed E-state index contributed by atoms with van der Waals surface area (Å²) >= 11 is 0. The molecule has 9 nitrogen and oxygen atoms in total. The minimum atomic E-state index is -4.82. The summed E-state index contributed by atoms with van der Waals surface area (Å²) in [5, 5.41) is 13.9. The van der Waals surface area contributed by atoms with Gasteiger partial charge in [-0.2, -0.15) is 10.2 Å². The van der Waals surface area contributed by atoms with Crippen LogP contribution in [0.5, 0.6) is 11.5 Å². The number of benzene rings is 2. The Hall–Kier alpha value is -4.03. The number of halogens is 3. The van der Waals surface area contributed by atoms with Crippen LogP contribution >= 0.6 is 0 Å². The van der Waals surface area contributed by atoms with Crippen LogP contribution < -0.4 is 25.0 Å². The van der Waals surface area contributed by atoms with Gasteiger partial charge in [0.25, 0.3) is 0 Å². The maximum absolute atomic E-state index is 13.4. The Labute approximate surface area is 215 Å². The molecule has 1 aromatic heterocycles. The second-order valence-electron chi connectivity index (χ2n) is 9.05. The molecule has 12 heteroatoms. The summed E-state index contributed by atoms with van der Waals surface area (Å²) in [4.78, 5) is 28.2. The summed E-state index contributed by atoms with van der Waals surface area (Å²) in [5.41, 5.74) is 0.147. The molecule has 1 atom stereocenters. The van der Waals surface area contributed by atoms with Crippen LogP contribution in [0.25, 0.3) is 0 Å². The molecule has 1 amide bonds. The van der Waals surface area contributed by atoms with Crippen molar-refractivity contribution in [1.29, 1.82) is 0 Å². The number of ketones is 1. The lowest BCUT2D eigenvalue weighted by molar-refractivity contribution is -0.274. The maximum Gasteiger partial charge on any atom is 0.573 e. The molecule has 3 aromatic rings. The molecule has 3 heterocycles. The highest BCUT2D eigenvalue weighted by Crippen LogP contribution is 2.33. The molecule has 0 bridgehead atoms. The van der Waals surface area contributed by atoms with E-state index in [0.717, 1.165) is 12.1 Å². The SMILES string of the molecule is O=C(C1CNC1)N(c1ccc(O[C@]2(C(=O)c3ccc(OC(F)(F)F)cc3)CCNC2)cc1)c1ccnnc1. The molecule has 0 unspecified atom stereocenters. The Bertz CT molecular complexity index is 1280. The van der Waals surface area contributed by atoms with Gasteiger partial charge >= 0.3 is 6.36 Å². The summed E-state index contributed by atoms with van der Waals surface area (Å²) in [6.45, 7) is 1.95. The largest absolute Gasteiger partial charge is 0.573 e. The number of anilines is 2. The normalized spacial score (nSPS) is 19.4. The number of nitrogens with one attached hydrogen (secondary N) is 2. The summed E-state index contributed by atoms with van der Waals surface area (Å²) in [7, 11) is 0. The van der Waals surface area contributed by atoms with E-state index in [1.807, 2.05) is 0 Å². The number of amides is 1. The first kappa shape index (κ1) is 25.6. The van der Waals surface area contributed by atoms with Gasteiger partial charge in [0, 0.05) is 37.3 Å². The minimum Gasteiger partial charge on any atom is -0.478 e. The van der Waals surface area contributed by atoms with Crippen molar-refractivity contribution in [1.82, 2.24) is 20.8 Å². The van der Waals surface area contributed by atoms with Gasteiger partial charge in [-0.15, -0.1) is 13.2 Å². The molecular formula is C26H24F3N5O4. The van der Waals surface area contributed by atoms with Crippen LogP contribution in [0.15, 0.2) is 67.0 Å². The molecule has 198 valence electrons. The molecule has 2 aromatic carbocycles. The van der Waals surface area contributed by atoms with Crippen LogP contribution in [0.1, 0.15) is 16.8 Å². The van der Waals surface area contributed by atoms with Crippen LogP contribution in [0.4, 0.5) is 24.5 Å². The van der Waals surface area contributed by atoms with E-state index in [1.54, 1.807) is 35.2 Å². The maximum atomic E-state index is 13.4. The highest BCUT2D eigenvalue weighted by atomic mass is 19.4. The summed E-state index contributed by atoms with van der Waals surface area (Å²) < 4.78 is 47.5. The molecule has 2 N–H and O–H groups in total. The number of carbonyl (C=O) groups excluding carboxylic acids is 2. The number of ether oxygens (including phenoxy) is 2. The molecule has 0 saturated carbocycles. The second-order valence-corrected chi connectivity index (χ2v) is 9.05. The van der Waals surface area contributed by atoms with Crippen molar-refractivity contribution < 1.29 is 32.2 Å². The first-order valence-electron chi connectivity index (χ1n) is 12.0. The Balaban J connectivity index is 1.36. The Morgan fingerprint density at radius 1 is 0.921 bits per heavy atom. The molecule has 5 rings (SSSR count). The van der Waals surface area contributed by atoms with E-state index in [-0.39, 0.29) is 29.7 Å². The average Bonchev–Trinajstić information content (AvgIpc) is 3.33. The number of carbonyl (C=O) groups is 2. The highest BCUT2D eigenvalue weighted by Gasteiger charge is 2.44. The third-order valence-corrected chi connectivity index (χ3v) is 6.47. The zero-order valence-corrected chi connectivity index (χ0v) is 20.1. The number of nitrogens with zero attached hydrogens (tertiary/aromatic N) is 3. The Kier molecular flexibility index (Phi) is 7.00. The zero-order chi connectivity index (χ0) is 26.8. The van der Waals surface area contributed by atoms with E-state index in [1.165, 1.54) is 24.5 Å². The summed E-state index contributed by atoms with van der Waals surface area (Å²) in [6.07, 6.45) is -1.43. The lowest BCUT2D eigenvalue weighted by Crippen LogP contribution is -2.51. The van der Waals surface area contributed by atoms with Gasteiger partial charge in [-0.25, -0.2) is 0 Å². The predicted molar refractivity (Wildman–Crippen MR) is 130 cm³/mol. The molecular weight excluding hydrogens is 503 g/mol. The van der Waals surface area contributed by atoms with Gasteiger partial charge in [0.1, 0.15) is 11.5 Å². The quantitative estimate of drug-likeness (QED) is 0.430. The standard InChI is InChI=1S/C26H24F3N5O4/c27-26(28,29)38-22-5-1-17(2-6-22)23(35)25(10-12-30-16-25)37-21-7-3-19(4-8-21)34(20-9-11-32-33-15-20)24(36)18-13-31-14-18/h1-9,11,15,18,30-31H,10,12-14,16H2/t25-/m1/s1. The fraction of sp³-hybridized carbons (Fsp3) is 0.308. The van der Waals surface area contributed by atoms with Crippen LogP contribution in [-0.4, -0.2) is 60.0 Å². The Morgan fingerprint density at radius 2 is 1.63 bits per heavy atom. The van der Waals surface area contributed by atoms with Crippen molar-refractivity contribution in [2.75, 3.05) is 31.1 Å². The number of rotatable bonds is 8. The van der Waals surface area contributed by atoms with Gasteiger partial charge in [-0.05, 0) is 61.1 Å². The van der Waals surface area contributed by atoms with E-state index in [0.29, 0.717) is 43.2 Å². The fourth-order valence-corrected chi connectivity index (χ4v) is 4.42. The van der Waals surface area contributed by atoms with Gasteiger partial charge in [-0.1, -0.05) is 0 Å². The van der Waals surface area contributed by atoms with Crippen molar-refractivity contribution in [3.05, 3.63) is 72.6 Å². The number of Topliss-reactive ketones (excluding diaryl/α,β-unsaturated/α-hetero) is 1. The molecule has 0 radical (unpaired) electrons. The van der Waals surface area contributed by atoms with E-state index in [2.05, 4.69) is 25.6 Å². The van der Waals surface area contributed by atoms with Gasteiger partial charge in [0.05, 0.1) is 24.0 Å². The molecule has 2 fully saturated rings. The second kappa shape index (κ2) is 10.4. The van der Waals surface area contributed by atoms with Gasteiger partial charge in [0.15, 0.2) is 5.60 Å². The van der Waals surface area contributed by atoms with E-state index in [4.69, 9.17) is 4.74 Å². The summed E-state index contributed by atoms with van der Waals surface area (Å²) in [5.74, 6) is -0.589. The number of hydrogen-bond donors (Lipinski definition) is 2.